The Balaban J connectivity index is 1.39. The molecule has 0 saturated carbocycles. The average Bonchev–Trinajstić information content (AvgIpc) is 3.11. The maximum atomic E-state index is 12.5. The monoisotopic (exact) mass is 438 g/mol. The number of aromatic amines is 1. The van der Waals surface area contributed by atoms with Crippen LogP contribution in [0.5, 0.6) is 0 Å². The molecule has 1 fully saturated rings. The highest BCUT2D eigenvalue weighted by molar-refractivity contribution is 5.91. The zero-order valence-electron chi connectivity index (χ0n) is 18.0. The van der Waals surface area contributed by atoms with Crippen molar-refractivity contribution in [3.8, 4) is 0 Å². The molecule has 9 heteroatoms. The van der Waals surface area contributed by atoms with E-state index < -0.39 is 10.9 Å². The number of esters is 1. The number of piperidine rings is 1. The second kappa shape index (κ2) is 9.25. The number of nitro benzene ring substituents is 1. The maximum absolute atomic E-state index is 12.5. The summed E-state index contributed by atoms with van der Waals surface area (Å²) in [6.07, 6.45) is 2.54. The van der Waals surface area contributed by atoms with Crippen molar-refractivity contribution in [2.75, 3.05) is 24.6 Å². The minimum absolute atomic E-state index is 0.0844. The van der Waals surface area contributed by atoms with Crippen LogP contribution in [-0.4, -0.2) is 40.1 Å². The number of fused-ring (bicyclic) bond motifs is 1. The summed E-state index contributed by atoms with van der Waals surface area (Å²) >= 11 is 0. The molecule has 1 N–H and O–H groups in total. The molecule has 0 spiro atoms. The number of aryl methyl sites for hydroxylation is 1. The molecule has 0 aliphatic carbocycles. The number of ether oxygens (including phenoxy) is 1. The summed E-state index contributed by atoms with van der Waals surface area (Å²) in [5.41, 5.74) is 1.94. The minimum atomic E-state index is -0.613. The van der Waals surface area contributed by atoms with Crippen molar-refractivity contribution < 1.29 is 14.5 Å². The zero-order valence-corrected chi connectivity index (χ0v) is 18.0. The number of nitrogens with one attached hydrogen (secondary N) is 1. The number of carbonyl (C=O) groups excluding carboxylic acids is 1. The van der Waals surface area contributed by atoms with Gasteiger partial charge in [-0.15, -0.1) is 0 Å². The number of aromatic nitrogens is 2. The Kier molecular flexibility index (Phi) is 6.25. The van der Waals surface area contributed by atoms with Crippen LogP contribution in [0.4, 0.5) is 11.4 Å². The van der Waals surface area contributed by atoms with Gasteiger partial charge in [0.15, 0.2) is 0 Å². The van der Waals surface area contributed by atoms with E-state index in [1.807, 2.05) is 29.2 Å². The van der Waals surface area contributed by atoms with E-state index in [0.717, 1.165) is 37.0 Å². The van der Waals surface area contributed by atoms with Gasteiger partial charge in [-0.3, -0.25) is 14.7 Å². The van der Waals surface area contributed by atoms with Crippen molar-refractivity contribution in [3.63, 3.8) is 0 Å². The number of imidazole rings is 1. The molecule has 1 unspecified atom stereocenters. The number of hydrogen-bond donors (Lipinski definition) is 1. The number of nitro groups is 1. The number of hydrogen-bond acceptors (Lipinski definition) is 6. The smallest absolute Gasteiger partial charge is 0.338 e. The van der Waals surface area contributed by atoms with Crippen molar-refractivity contribution in [2.24, 2.45) is 5.92 Å². The molecule has 1 atom stereocenters. The van der Waals surface area contributed by atoms with Crippen molar-refractivity contribution in [2.45, 2.75) is 32.7 Å². The fourth-order valence-electron chi connectivity index (χ4n) is 4.27. The standard InChI is InChI=1S/C23H26N4O5/c1-16-6-4-11-25(15-16)20-10-9-17(14-21(20)27(30)31)22(28)32-13-5-12-26-19-8-3-2-7-18(19)24-23(26)29/h2-3,7-10,14,16H,4-6,11-13,15H2,1H3,(H,24,29). The van der Waals surface area contributed by atoms with E-state index in [1.54, 1.807) is 16.7 Å². The summed E-state index contributed by atoms with van der Waals surface area (Å²) in [4.78, 5) is 40.6. The number of H-pyrrole nitrogens is 1. The Labute approximate surface area is 184 Å². The molecule has 2 heterocycles. The molecule has 0 bridgehead atoms. The molecule has 1 aromatic heterocycles. The van der Waals surface area contributed by atoms with Crippen LogP contribution in [0.25, 0.3) is 11.0 Å². The van der Waals surface area contributed by atoms with Gasteiger partial charge in [0.05, 0.1) is 28.1 Å². The summed E-state index contributed by atoms with van der Waals surface area (Å²) in [5, 5.41) is 11.6. The van der Waals surface area contributed by atoms with Gasteiger partial charge >= 0.3 is 11.7 Å². The Bertz CT molecular complexity index is 1200. The number of para-hydroxylation sites is 2. The van der Waals surface area contributed by atoms with Gasteiger partial charge in [0.2, 0.25) is 0 Å². The number of nitrogens with zero attached hydrogens (tertiary/aromatic N) is 3. The lowest BCUT2D eigenvalue weighted by Gasteiger charge is -2.32. The van der Waals surface area contributed by atoms with Gasteiger partial charge in [-0.1, -0.05) is 19.1 Å². The fraction of sp³-hybridized carbons (Fsp3) is 0.391. The number of benzene rings is 2. The van der Waals surface area contributed by atoms with E-state index in [-0.39, 0.29) is 23.5 Å². The lowest BCUT2D eigenvalue weighted by Crippen LogP contribution is -2.34. The number of carbonyl (C=O) groups is 1. The van der Waals surface area contributed by atoms with Crippen LogP contribution >= 0.6 is 0 Å². The Morgan fingerprint density at radius 1 is 1.28 bits per heavy atom. The lowest BCUT2D eigenvalue weighted by atomic mass is 9.99. The van der Waals surface area contributed by atoms with Crippen LogP contribution in [0.1, 0.15) is 36.5 Å². The summed E-state index contributed by atoms with van der Waals surface area (Å²) in [6, 6.07) is 11.9. The van der Waals surface area contributed by atoms with Crippen molar-refractivity contribution >= 4 is 28.4 Å². The molecule has 0 amide bonds. The fourth-order valence-corrected chi connectivity index (χ4v) is 4.27. The van der Waals surface area contributed by atoms with E-state index in [2.05, 4.69) is 11.9 Å². The molecular formula is C23H26N4O5. The molecule has 4 rings (SSSR count). The van der Waals surface area contributed by atoms with E-state index in [9.17, 15) is 19.7 Å². The Morgan fingerprint density at radius 3 is 2.88 bits per heavy atom. The second-order valence-electron chi connectivity index (χ2n) is 8.24. The van der Waals surface area contributed by atoms with Gasteiger partial charge in [0, 0.05) is 25.7 Å². The largest absolute Gasteiger partial charge is 0.462 e. The third-order valence-corrected chi connectivity index (χ3v) is 5.85. The predicted molar refractivity (Wildman–Crippen MR) is 121 cm³/mol. The third kappa shape index (κ3) is 4.51. The van der Waals surface area contributed by atoms with Crippen LogP contribution in [0.3, 0.4) is 0 Å². The topological polar surface area (TPSA) is 110 Å². The molecule has 32 heavy (non-hydrogen) atoms. The molecule has 2 aromatic carbocycles. The molecular weight excluding hydrogens is 412 g/mol. The summed E-state index contributed by atoms with van der Waals surface area (Å²) < 4.78 is 6.91. The van der Waals surface area contributed by atoms with Crippen molar-refractivity contribution in [1.29, 1.82) is 0 Å². The van der Waals surface area contributed by atoms with E-state index in [4.69, 9.17) is 4.74 Å². The highest BCUT2D eigenvalue weighted by Crippen LogP contribution is 2.32. The molecule has 1 saturated heterocycles. The SMILES string of the molecule is CC1CCCN(c2ccc(C(=O)OCCCn3c(=O)[nH]c4ccccc43)cc2[N+](=O)[O-])C1. The first kappa shape index (κ1) is 21.6. The van der Waals surface area contributed by atoms with E-state index >= 15 is 0 Å². The number of rotatable bonds is 7. The van der Waals surface area contributed by atoms with E-state index in [1.165, 1.54) is 6.07 Å². The van der Waals surface area contributed by atoms with E-state index in [0.29, 0.717) is 24.6 Å². The van der Waals surface area contributed by atoms with Gasteiger partial charge in [-0.05, 0) is 49.4 Å². The molecule has 9 nitrogen and oxygen atoms in total. The van der Waals surface area contributed by atoms with Crippen LogP contribution < -0.4 is 10.6 Å². The molecule has 3 aromatic rings. The van der Waals surface area contributed by atoms with Crippen LogP contribution in [0, 0.1) is 16.0 Å². The first-order valence-corrected chi connectivity index (χ1v) is 10.8. The first-order chi connectivity index (χ1) is 15.4. The average molecular weight is 438 g/mol. The number of anilines is 1. The Morgan fingerprint density at radius 2 is 2.09 bits per heavy atom. The molecule has 1 aliphatic rings. The highest BCUT2D eigenvalue weighted by atomic mass is 16.6. The summed E-state index contributed by atoms with van der Waals surface area (Å²) in [5.74, 6) is -0.143. The van der Waals surface area contributed by atoms with Crippen molar-refractivity contribution in [3.05, 3.63) is 68.6 Å². The zero-order chi connectivity index (χ0) is 22.7. The van der Waals surface area contributed by atoms with Gasteiger partial charge < -0.3 is 14.6 Å². The second-order valence-corrected chi connectivity index (χ2v) is 8.24. The van der Waals surface area contributed by atoms with Gasteiger partial charge in [-0.2, -0.15) is 0 Å². The molecule has 1 aliphatic heterocycles. The third-order valence-electron chi connectivity index (χ3n) is 5.85. The predicted octanol–water partition coefficient (Wildman–Crippen LogP) is 3.72. The molecule has 168 valence electrons. The minimum Gasteiger partial charge on any atom is -0.462 e. The quantitative estimate of drug-likeness (QED) is 0.261. The normalized spacial score (nSPS) is 16.3. The first-order valence-electron chi connectivity index (χ1n) is 10.8. The Hall–Kier alpha value is -3.62. The van der Waals surface area contributed by atoms with Crippen LogP contribution in [-0.2, 0) is 11.3 Å². The van der Waals surface area contributed by atoms with Gasteiger partial charge in [0.1, 0.15) is 5.69 Å². The highest BCUT2D eigenvalue weighted by Gasteiger charge is 2.25. The van der Waals surface area contributed by atoms with Crippen LogP contribution in [0.2, 0.25) is 0 Å². The summed E-state index contributed by atoms with van der Waals surface area (Å²) in [7, 11) is 0. The maximum Gasteiger partial charge on any atom is 0.338 e. The van der Waals surface area contributed by atoms with Gasteiger partial charge in [0.25, 0.3) is 5.69 Å². The molecule has 0 radical (unpaired) electrons. The van der Waals surface area contributed by atoms with Crippen LogP contribution in [0.15, 0.2) is 47.3 Å². The summed E-state index contributed by atoms with van der Waals surface area (Å²) in [6.45, 7) is 4.15. The van der Waals surface area contributed by atoms with Crippen molar-refractivity contribution in [1.82, 2.24) is 9.55 Å². The lowest BCUT2D eigenvalue weighted by molar-refractivity contribution is -0.384. The van der Waals surface area contributed by atoms with Gasteiger partial charge in [-0.25, -0.2) is 9.59 Å².